The molecular formula is C22H26N2O4. The molecule has 2 aromatic carbocycles. The number of para-hydroxylation sites is 3. The van der Waals surface area contributed by atoms with Crippen molar-refractivity contribution in [3.05, 3.63) is 54.6 Å². The normalized spacial score (nSPS) is 15.8. The molecule has 0 radical (unpaired) electrons. The number of rotatable bonds is 8. The zero-order valence-corrected chi connectivity index (χ0v) is 16.1. The smallest absolute Gasteiger partial charge is 0.223 e. The maximum absolute atomic E-state index is 12.2. The topological polar surface area (TPSA) is 67.9 Å². The zero-order chi connectivity index (χ0) is 19.8. The van der Waals surface area contributed by atoms with E-state index in [1.54, 1.807) is 4.90 Å². The van der Waals surface area contributed by atoms with E-state index < -0.39 is 0 Å². The minimum Gasteiger partial charge on any atom is -0.455 e. The second kappa shape index (κ2) is 9.90. The lowest BCUT2D eigenvalue weighted by Gasteiger charge is -2.23. The van der Waals surface area contributed by atoms with Gasteiger partial charge in [-0.15, -0.1) is 0 Å². The Morgan fingerprint density at radius 2 is 1.89 bits per heavy atom. The Bertz CT molecular complexity index is 788. The van der Waals surface area contributed by atoms with Gasteiger partial charge in [-0.3, -0.25) is 9.59 Å². The highest BCUT2D eigenvalue weighted by atomic mass is 16.5. The number of nitrogens with zero attached hydrogens (tertiary/aromatic N) is 1. The molecule has 1 fully saturated rings. The molecule has 1 heterocycles. The van der Waals surface area contributed by atoms with E-state index in [2.05, 4.69) is 5.32 Å². The Kier molecular flexibility index (Phi) is 7.03. The molecule has 0 bridgehead atoms. The molecule has 148 valence electrons. The molecule has 28 heavy (non-hydrogen) atoms. The van der Waals surface area contributed by atoms with Crippen molar-refractivity contribution < 1.29 is 19.1 Å². The third-order valence-electron chi connectivity index (χ3n) is 4.62. The van der Waals surface area contributed by atoms with Crippen LogP contribution >= 0.6 is 0 Å². The van der Waals surface area contributed by atoms with Crippen molar-refractivity contribution in [3.8, 4) is 11.5 Å². The van der Waals surface area contributed by atoms with Gasteiger partial charge in [-0.2, -0.15) is 0 Å². The molecular weight excluding hydrogens is 356 g/mol. The van der Waals surface area contributed by atoms with Crippen LogP contribution in [0.15, 0.2) is 54.6 Å². The number of amides is 2. The standard InChI is InChI=1S/C22H26N2O4/c1-17(25)24(14-13-22(26)23-16-19-10-7-15-27-19)20-11-5-6-12-21(20)28-18-8-3-2-4-9-18/h2-6,8-9,11-12,19H,7,10,13-16H2,1H3,(H,23,26). The van der Waals surface area contributed by atoms with E-state index in [0.717, 1.165) is 19.4 Å². The summed E-state index contributed by atoms with van der Waals surface area (Å²) < 4.78 is 11.5. The van der Waals surface area contributed by atoms with E-state index in [1.807, 2.05) is 54.6 Å². The van der Waals surface area contributed by atoms with Gasteiger partial charge in [0.15, 0.2) is 5.75 Å². The molecule has 1 N–H and O–H groups in total. The largest absolute Gasteiger partial charge is 0.455 e. The lowest BCUT2D eigenvalue weighted by atomic mass is 10.2. The first-order valence-corrected chi connectivity index (χ1v) is 9.62. The van der Waals surface area contributed by atoms with Crippen LogP contribution in [-0.2, 0) is 14.3 Å². The summed E-state index contributed by atoms with van der Waals surface area (Å²) in [5.41, 5.74) is 0.644. The molecule has 0 aromatic heterocycles. The van der Waals surface area contributed by atoms with Gasteiger partial charge >= 0.3 is 0 Å². The maximum atomic E-state index is 12.2. The monoisotopic (exact) mass is 382 g/mol. The minimum absolute atomic E-state index is 0.0943. The number of benzene rings is 2. The number of anilines is 1. The van der Waals surface area contributed by atoms with Crippen molar-refractivity contribution in [1.29, 1.82) is 0 Å². The number of carbonyl (C=O) groups is 2. The Hall–Kier alpha value is -2.86. The van der Waals surface area contributed by atoms with E-state index in [1.165, 1.54) is 6.92 Å². The van der Waals surface area contributed by atoms with Crippen LogP contribution in [0.1, 0.15) is 26.2 Å². The van der Waals surface area contributed by atoms with E-state index in [4.69, 9.17) is 9.47 Å². The summed E-state index contributed by atoms with van der Waals surface area (Å²) in [6, 6.07) is 16.7. The van der Waals surface area contributed by atoms with Crippen LogP contribution in [0.25, 0.3) is 0 Å². The molecule has 1 atom stereocenters. The summed E-state index contributed by atoms with van der Waals surface area (Å²) in [5.74, 6) is 1.02. The van der Waals surface area contributed by atoms with Crippen molar-refractivity contribution in [1.82, 2.24) is 5.32 Å². The number of hydrogen-bond donors (Lipinski definition) is 1. The van der Waals surface area contributed by atoms with Gasteiger partial charge in [-0.1, -0.05) is 30.3 Å². The van der Waals surface area contributed by atoms with E-state index in [-0.39, 0.29) is 30.9 Å². The van der Waals surface area contributed by atoms with E-state index >= 15 is 0 Å². The highest BCUT2D eigenvalue weighted by Crippen LogP contribution is 2.32. The Balaban J connectivity index is 1.63. The molecule has 1 unspecified atom stereocenters. The summed E-state index contributed by atoms with van der Waals surface area (Å²) >= 11 is 0. The minimum atomic E-state index is -0.143. The summed E-state index contributed by atoms with van der Waals surface area (Å²) in [5, 5.41) is 2.89. The average Bonchev–Trinajstić information content (AvgIpc) is 3.22. The lowest BCUT2D eigenvalue weighted by Crippen LogP contribution is -2.36. The third-order valence-corrected chi connectivity index (χ3v) is 4.62. The lowest BCUT2D eigenvalue weighted by molar-refractivity contribution is -0.121. The summed E-state index contributed by atoms with van der Waals surface area (Å²) in [6.45, 7) is 3.05. The van der Waals surface area contributed by atoms with Gasteiger partial charge in [0, 0.05) is 33.0 Å². The molecule has 3 rings (SSSR count). The first-order chi connectivity index (χ1) is 13.6. The summed E-state index contributed by atoms with van der Waals surface area (Å²) in [4.78, 5) is 26.0. The molecule has 1 aliphatic heterocycles. The molecule has 0 spiro atoms. The van der Waals surface area contributed by atoms with E-state index in [0.29, 0.717) is 23.7 Å². The highest BCUT2D eigenvalue weighted by Gasteiger charge is 2.19. The molecule has 2 amide bonds. The van der Waals surface area contributed by atoms with Crippen molar-refractivity contribution in [2.75, 3.05) is 24.6 Å². The van der Waals surface area contributed by atoms with Crippen LogP contribution in [0.5, 0.6) is 11.5 Å². The van der Waals surface area contributed by atoms with Gasteiger partial charge in [0.1, 0.15) is 5.75 Å². The fraction of sp³-hybridized carbons (Fsp3) is 0.364. The molecule has 0 aliphatic carbocycles. The van der Waals surface area contributed by atoms with Crippen LogP contribution in [-0.4, -0.2) is 37.6 Å². The maximum Gasteiger partial charge on any atom is 0.223 e. The zero-order valence-electron chi connectivity index (χ0n) is 16.1. The van der Waals surface area contributed by atoms with Gasteiger partial charge in [0.2, 0.25) is 11.8 Å². The quantitative estimate of drug-likeness (QED) is 0.759. The molecule has 6 nitrogen and oxygen atoms in total. The van der Waals surface area contributed by atoms with Crippen molar-refractivity contribution in [3.63, 3.8) is 0 Å². The van der Waals surface area contributed by atoms with Gasteiger partial charge in [-0.05, 0) is 37.1 Å². The van der Waals surface area contributed by atoms with Crippen LogP contribution < -0.4 is 15.0 Å². The molecule has 2 aromatic rings. The van der Waals surface area contributed by atoms with Gasteiger partial charge in [0.25, 0.3) is 0 Å². The van der Waals surface area contributed by atoms with Crippen LogP contribution in [0.2, 0.25) is 0 Å². The predicted octanol–water partition coefficient (Wildman–Crippen LogP) is 3.52. The SMILES string of the molecule is CC(=O)N(CCC(=O)NCC1CCCO1)c1ccccc1Oc1ccccc1. The van der Waals surface area contributed by atoms with Crippen LogP contribution in [0, 0.1) is 0 Å². The van der Waals surface area contributed by atoms with Crippen LogP contribution in [0.3, 0.4) is 0 Å². The molecule has 1 saturated heterocycles. The summed E-state index contributed by atoms with van der Waals surface area (Å²) in [6.07, 6.45) is 2.33. The number of ether oxygens (including phenoxy) is 2. The van der Waals surface area contributed by atoms with Crippen LogP contribution in [0.4, 0.5) is 5.69 Å². The third kappa shape index (κ3) is 5.57. The first kappa shape index (κ1) is 19.9. The molecule has 6 heteroatoms. The van der Waals surface area contributed by atoms with Crippen molar-refractivity contribution >= 4 is 17.5 Å². The molecule has 1 aliphatic rings. The Morgan fingerprint density at radius 1 is 1.14 bits per heavy atom. The predicted molar refractivity (Wildman–Crippen MR) is 108 cm³/mol. The number of hydrogen-bond acceptors (Lipinski definition) is 4. The number of carbonyl (C=O) groups excluding carboxylic acids is 2. The highest BCUT2D eigenvalue weighted by molar-refractivity contribution is 5.94. The average molecular weight is 382 g/mol. The molecule has 0 saturated carbocycles. The van der Waals surface area contributed by atoms with Gasteiger partial charge < -0.3 is 19.7 Å². The van der Waals surface area contributed by atoms with Crippen molar-refractivity contribution in [2.24, 2.45) is 0 Å². The fourth-order valence-electron chi connectivity index (χ4n) is 3.16. The van der Waals surface area contributed by atoms with Crippen molar-refractivity contribution in [2.45, 2.75) is 32.3 Å². The van der Waals surface area contributed by atoms with Gasteiger partial charge in [0.05, 0.1) is 11.8 Å². The summed E-state index contributed by atoms with van der Waals surface area (Å²) in [7, 11) is 0. The second-order valence-corrected chi connectivity index (χ2v) is 6.74. The fourth-order valence-corrected chi connectivity index (χ4v) is 3.16. The first-order valence-electron chi connectivity index (χ1n) is 9.62. The Morgan fingerprint density at radius 3 is 2.61 bits per heavy atom. The van der Waals surface area contributed by atoms with Gasteiger partial charge in [-0.25, -0.2) is 0 Å². The number of nitrogens with one attached hydrogen (secondary N) is 1. The Labute approximate surface area is 165 Å². The van der Waals surface area contributed by atoms with E-state index in [9.17, 15) is 9.59 Å². The second-order valence-electron chi connectivity index (χ2n) is 6.74.